The number of carbonyl (C=O) groups excluding carboxylic acids is 1. The van der Waals surface area contributed by atoms with E-state index in [9.17, 15) is 9.90 Å². The number of pyridine rings is 1. The molecule has 0 atom stereocenters. The summed E-state index contributed by atoms with van der Waals surface area (Å²) in [7, 11) is 2.52. The van der Waals surface area contributed by atoms with E-state index in [0.29, 0.717) is 0 Å². The molecule has 0 amide bonds. The van der Waals surface area contributed by atoms with Crippen molar-refractivity contribution in [1.29, 1.82) is 0 Å². The van der Waals surface area contributed by atoms with Gasteiger partial charge >= 0.3 is 17.6 Å². The van der Waals surface area contributed by atoms with E-state index in [1.54, 1.807) is 12.4 Å². The number of esters is 1. The van der Waals surface area contributed by atoms with Crippen molar-refractivity contribution in [2.24, 2.45) is 0 Å². The van der Waals surface area contributed by atoms with Gasteiger partial charge in [-0.1, -0.05) is 6.92 Å². The normalized spacial score (nSPS) is 11.7. The van der Waals surface area contributed by atoms with Crippen LogP contribution < -0.4 is 4.57 Å². The summed E-state index contributed by atoms with van der Waals surface area (Å²) in [5.74, 6) is -1.15. The number of hydrogen-bond acceptors (Lipinski definition) is 4. The Balaban J connectivity index is 3.18. The Kier molecular flexibility index (Phi) is 4.51. The van der Waals surface area contributed by atoms with Crippen LogP contribution in [0.25, 0.3) is 5.70 Å². The fourth-order valence-electron chi connectivity index (χ4n) is 1.34. The standard InChI is InChI=1S/C12H15NO4/c1-4-9-5-7-13(8-6-9)10(11(14)16-2)12(15)17-3/h5-8H,4H2,1-3H3/p+1. The Hall–Kier alpha value is -2.04. The van der Waals surface area contributed by atoms with Gasteiger partial charge in [0.25, 0.3) is 0 Å². The second kappa shape index (κ2) is 5.89. The monoisotopic (exact) mass is 238 g/mol. The SMILES string of the molecule is CCc1cc[n+](/C(C(=O)OC)=C(/O)OC)cc1. The predicted molar refractivity (Wildman–Crippen MR) is 60.9 cm³/mol. The highest BCUT2D eigenvalue weighted by Gasteiger charge is 2.28. The third-order valence-electron chi connectivity index (χ3n) is 2.34. The molecule has 5 heteroatoms. The van der Waals surface area contributed by atoms with Crippen molar-refractivity contribution in [1.82, 2.24) is 0 Å². The van der Waals surface area contributed by atoms with Crippen molar-refractivity contribution < 1.29 is 23.9 Å². The first kappa shape index (κ1) is 13.0. The third-order valence-corrected chi connectivity index (χ3v) is 2.34. The van der Waals surface area contributed by atoms with Crippen LogP contribution in [-0.2, 0) is 20.7 Å². The lowest BCUT2D eigenvalue weighted by Gasteiger charge is -2.03. The first-order valence-electron chi connectivity index (χ1n) is 5.20. The van der Waals surface area contributed by atoms with Crippen molar-refractivity contribution in [3.8, 4) is 0 Å². The van der Waals surface area contributed by atoms with Crippen molar-refractivity contribution in [3.05, 3.63) is 36.0 Å². The van der Waals surface area contributed by atoms with Gasteiger partial charge in [-0.25, -0.2) is 4.79 Å². The Morgan fingerprint density at radius 1 is 1.29 bits per heavy atom. The van der Waals surface area contributed by atoms with Crippen LogP contribution in [0.15, 0.2) is 30.5 Å². The number of aliphatic hydroxyl groups excluding tert-OH is 1. The fourth-order valence-corrected chi connectivity index (χ4v) is 1.34. The molecule has 0 bridgehead atoms. The van der Waals surface area contributed by atoms with Crippen molar-refractivity contribution in [3.63, 3.8) is 0 Å². The number of methoxy groups -OCH3 is 2. The molecule has 1 aromatic heterocycles. The van der Waals surface area contributed by atoms with Crippen LogP contribution in [0.1, 0.15) is 12.5 Å². The molecule has 0 radical (unpaired) electrons. The Labute approximate surface area is 99.9 Å². The molecule has 92 valence electrons. The molecule has 1 rings (SSSR count). The molecular formula is C12H16NO4+. The minimum Gasteiger partial charge on any atom is -0.476 e. The van der Waals surface area contributed by atoms with Crippen LogP contribution in [0.3, 0.4) is 0 Å². The van der Waals surface area contributed by atoms with Crippen molar-refractivity contribution in [2.75, 3.05) is 14.2 Å². The predicted octanol–water partition coefficient (Wildman–Crippen LogP) is 1.04. The van der Waals surface area contributed by atoms with Crippen LogP contribution >= 0.6 is 0 Å². The maximum atomic E-state index is 11.5. The van der Waals surface area contributed by atoms with E-state index in [1.807, 2.05) is 19.1 Å². The first-order chi connectivity index (χ1) is 8.13. The summed E-state index contributed by atoms with van der Waals surface area (Å²) in [6, 6.07) is 3.71. The molecule has 0 saturated heterocycles. The van der Waals surface area contributed by atoms with Gasteiger partial charge in [-0.3, -0.25) is 0 Å². The van der Waals surface area contributed by atoms with E-state index < -0.39 is 11.9 Å². The highest BCUT2D eigenvalue weighted by Crippen LogP contribution is 2.05. The Morgan fingerprint density at radius 3 is 2.29 bits per heavy atom. The van der Waals surface area contributed by atoms with Gasteiger partial charge in [0.2, 0.25) is 0 Å². The summed E-state index contributed by atoms with van der Waals surface area (Å²) in [6.45, 7) is 2.03. The molecule has 0 saturated carbocycles. The van der Waals surface area contributed by atoms with Gasteiger partial charge in [0.15, 0.2) is 12.4 Å². The molecule has 0 aliphatic carbocycles. The molecule has 0 spiro atoms. The fraction of sp³-hybridized carbons (Fsp3) is 0.333. The lowest BCUT2D eigenvalue weighted by atomic mass is 10.2. The number of aliphatic hydroxyl groups is 1. The summed E-state index contributed by atoms with van der Waals surface area (Å²) >= 11 is 0. The van der Waals surface area contributed by atoms with E-state index in [1.165, 1.54) is 18.8 Å². The van der Waals surface area contributed by atoms with E-state index >= 15 is 0 Å². The molecule has 0 aliphatic rings. The molecule has 0 fully saturated rings. The molecule has 0 aliphatic heterocycles. The number of aryl methyl sites for hydroxylation is 1. The zero-order valence-electron chi connectivity index (χ0n) is 10.1. The number of aromatic nitrogens is 1. The average Bonchev–Trinajstić information content (AvgIpc) is 2.39. The van der Waals surface area contributed by atoms with Gasteiger partial charge < -0.3 is 14.6 Å². The van der Waals surface area contributed by atoms with Gasteiger partial charge in [-0.05, 0) is 12.0 Å². The summed E-state index contributed by atoms with van der Waals surface area (Å²) in [4.78, 5) is 11.5. The van der Waals surface area contributed by atoms with Gasteiger partial charge in [-0.15, -0.1) is 0 Å². The van der Waals surface area contributed by atoms with Crippen LogP contribution in [0.2, 0.25) is 0 Å². The molecule has 1 N–H and O–H groups in total. The zero-order valence-corrected chi connectivity index (χ0v) is 10.1. The number of hydrogen-bond donors (Lipinski definition) is 1. The summed E-state index contributed by atoms with van der Waals surface area (Å²) in [6.07, 6.45) is 4.23. The quantitative estimate of drug-likeness (QED) is 0.368. The Bertz CT molecular complexity index is 423. The number of nitrogens with zero attached hydrogens (tertiary/aromatic N) is 1. The number of ether oxygens (including phenoxy) is 2. The van der Waals surface area contributed by atoms with Crippen LogP contribution in [0.4, 0.5) is 0 Å². The molecular weight excluding hydrogens is 222 g/mol. The maximum absolute atomic E-state index is 11.5. The van der Waals surface area contributed by atoms with E-state index in [4.69, 9.17) is 0 Å². The minimum atomic E-state index is -0.668. The molecule has 0 aromatic carbocycles. The number of rotatable bonds is 4. The largest absolute Gasteiger partial charge is 0.476 e. The molecule has 1 heterocycles. The van der Waals surface area contributed by atoms with Crippen LogP contribution in [0.5, 0.6) is 0 Å². The highest BCUT2D eigenvalue weighted by molar-refractivity contribution is 6.06. The lowest BCUT2D eigenvalue weighted by molar-refractivity contribution is -0.581. The second-order valence-corrected chi connectivity index (χ2v) is 3.32. The highest BCUT2D eigenvalue weighted by atomic mass is 16.6. The zero-order chi connectivity index (χ0) is 12.8. The van der Waals surface area contributed by atoms with E-state index in [-0.39, 0.29) is 5.70 Å². The smallest absolute Gasteiger partial charge is 0.411 e. The van der Waals surface area contributed by atoms with Crippen molar-refractivity contribution >= 4 is 11.7 Å². The van der Waals surface area contributed by atoms with Crippen LogP contribution in [0, 0.1) is 0 Å². The van der Waals surface area contributed by atoms with Gasteiger partial charge in [0.1, 0.15) is 0 Å². The van der Waals surface area contributed by atoms with Gasteiger partial charge in [0.05, 0.1) is 14.2 Å². The average molecular weight is 238 g/mol. The lowest BCUT2D eigenvalue weighted by Crippen LogP contribution is -2.37. The van der Waals surface area contributed by atoms with Crippen molar-refractivity contribution in [2.45, 2.75) is 13.3 Å². The maximum Gasteiger partial charge on any atom is 0.411 e. The van der Waals surface area contributed by atoms with E-state index in [2.05, 4.69) is 9.47 Å². The first-order valence-corrected chi connectivity index (χ1v) is 5.20. The summed E-state index contributed by atoms with van der Waals surface area (Å²) in [5, 5.41) is 9.53. The van der Waals surface area contributed by atoms with Gasteiger partial charge in [-0.2, -0.15) is 4.57 Å². The van der Waals surface area contributed by atoms with E-state index in [0.717, 1.165) is 12.0 Å². The molecule has 1 aromatic rings. The number of carbonyl (C=O) groups is 1. The van der Waals surface area contributed by atoms with Crippen LogP contribution in [-0.4, -0.2) is 25.3 Å². The second-order valence-electron chi connectivity index (χ2n) is 3.32. The minimum absolute atomic E-state index is 0.0577. The molecule has 0 unspecified atom stereocenters. The Morgan fingerprint density at radius 2 is 1.88 bits per heavy atom. The summed E-state index contributed by atoms with van der Waals surface area (Å²) < 4.78 is 10.7. The van der Waals surface area contributed by atoms with Gasteiger partial charge in [0, 0.05) is 12.1 Å². The molecule has 5 nitrogen and oxygen atoms in total. The topological polar surface area (TPSA) is 59.6 Å². The summed E-state index contributed by atoms with van der Waals surface area (Å²) in [5.41, 5.74) is 1.07. The third kappa shape index (κ3) is 2.96. The molecule has 17 heavy (non-hydrogen) atoms.